The number of ether oxygens (including phenoxy) is 1. The number of phenols is 1. The second-order valence-electron chi connectivity index (χ2n) is 5.60. The van der Waals surface area contributed by atoms with Crippen molar-refractivity contribution in [3.05, 3.63) is 39.7 Å². The van der Waals surface area contributed by atoms with E-state index in [4.69, 9.17) is 17.0 Å². The summed E-state index contributed by atoms with van der Waals surface area (Å²) in [6.07, 6.45) is 4.11. The normalized spacial score (nSPS) is 13.2. The van der Waals surface area contributed by atoms with Crippen molar-refractivity contribution in [2.45, 2.75) is 32.6 Å². The van der Waals surface area contributed by atoms with Crippen LogP contribution in [0.3, 0.4) is 0 Å². The molecule has 23 heavy (non-hydrogen) atoms. The largest absolute Gasteiger partial charge is 0.504 e. The standard InChI is InChI=1S/C18H18N2O2S/c1-2-22-16-9-11(7-8-15(16)21)17-12-5-3-4-6-14(12)20-18(23)13(17)10-19/h7-9,21H,2-6H2,1H3,(H,20,23). The van der Waals surface area contributed by atoms with E-state index in [9.17, 15) is 10.4 Å². The van der Waals surface area contributed by atoms with Crippen molar-refractivity contribution < 1.29 is 9.84 Å². The number of aromatic nitrogens is 1. The molecule has 1 aromatic carbocycles. The highest BCUT2D eigenvalue weighted by molar-refractivity contribution is 7.71. The van der Waals surface area contributed by atoms with Crippen LogP contribution in [-0.2, 0) is 12.8 Å². The van der Waals surface area contributed by atoms with Crippen molar-refractivity contribution in [3.63, 3.8) is 0 Å². The number of aryl methyl sites for hydroxylation is 1. The molecule has 2 aromatic rings. The Bertz CT molecular complexity index is 849. The van der Waals surface area contributed by atoms with Gasteiger partial charge in [-0.05, 0) is 55.9 Å². The fourth-order valence-electron chi connectivity index (χ4n) is 3.15. The van der Waals surface area contributed by atoms with E-state index in [-0.39, 0.29) is 5.75 Å². The Kier molecular flexibility index (Phi) is 4.35. The Balaban J connectivity index is 2.27. The average Bonchev–Trinajstić information content (AvgIpc) is 2.56. The van der Waals surface area contributed by atoms with Gasteiger partial charge >= 0.3 is 0 Å². The molecule has 118 valence electrons. The van der Waals surface area contributed by atoms with Gasteiger partial charge in [0.15, 0.2) is 11.5 Å². The van der Waals surface area contributed by atoms with Crippen LogP contribution >= 0.6 is 12.2 Å². The SMILES string of the molecule is CCOc1cc(-c2c3c([nH]c(=S)c2C#N)CCCC3)ccc1O. The highest BCUT2D eigenvalue weighted by Gasteiger charge is 2.20. The maximum Gasteiger partial charge on any atom is 0.161 e. The van der Waals surface area contributed by atoms with Crippen LogP contribution in [-0.4, -0.2) is 16.7 Å². The molecule has 1 heterocycles. The number of nitrogens with one attached hydrogen (secondary N) is 1. The van der Waals surface area contributed by atoms with Crippen molar-refractivity contribution in [1.82, 2.24) is 4.98 Å². The number of aromatic amines is 1. The minimum absolute atomic E-state index is 0.101. The lowest BCUT2D eigenvalue weighted by Crippen LogP contribution is -2.09. The Labute approximate surface area is 140 Å². The van der Waals surface area contributed by atoms with Crippen LogP contribution < -0.4 is 4.74 Å². The Hall–Kier alpha value is -2.32. The van der Waals surface area contributed by atoms with E-state index >= 15 is 0 Å². The Morgan fingerprint density at radius 3 is 2.87 bits per heavy atom. The van der Waals surface area contributed by atoms with Gasteiger partial charge in [-0.25, -0.2) is 0 Å². The van der Waals surface area contributed by atoms with Crippen LogP contribution in [0.1, 0.15) is 36.6 Å². The fourth-order valence-corrected chi connectivity index (χ4v) is 3.42. The summed E-state index contributed by atoms with van der Waals surface area (Å²) in [6, 6.07) is 7.45. The summed E-state index contributed by atoms with van der Waals surface area (Å²) < 4.78 is 5.96. The van der Waals surface area contributed by atoms with Gasteiger partial charge in [0.2, 0.25) is 0 Å². The van der Waals surface area contributed by atoms with Crippen LogP contribution in [0, 0.1) is 16.0 Å². The van der Waals surface area contributed by atoms with Crippen LogP contribution in [0.2, 0.25) is 0 Å². The molecular weight excluding hydrogens is 308 g/mol. The Morgan fingerprint density at radius 1 is 1.35 bits per heavy atom. The van der Waals surface area contributed by atoms with Crippen LogP contribution in [0.5, 0.6) is 11.5 Å². The summed E-state index contributed by atoms with van der Waals surface area (Å²) in [5.41, 5.74) is 4.53. The quantitative estimate of drug-likeness (QED) is 0.827. The summed E-state index contributed by atoms with van der Waals surface area (Å²) in [7, 11) is 0. The van der Waals surface area contributed by atoms with Gasteiger partial charge in [0.05, 0.1) is 12.2 Å². The molecule has 0 atom stereocenters. The first-order valence-electron chi connectivity index (χ1n) is 7.80. The molecule has 0 bridgehead atoms. The van der Waals surface area contributed by atoms with Gasteiger partial charge in [0, 0.05) is 11.3 Å². The first-order chi connectivity index (χ1) is 11.2. The molecule has 1 aliphatic rings. The maximum absolute atomic E-state index is 9.92. The third kappa shape index (κ3) is 2.82. The van der Waals surface area contributed by atoms with Gasteiger partial charge in [0.1, 0.15) is 10.7 Å². The number of aromatic hydroxyl groups is 1. The van der Waals surface area contributed by atoms with Crippen molar-refractivity contribution in [2.75, 3.05) is 6.61 Å². The number of nitriles is 1. The minimum atomic E-state index is 0.101. The third-order valence-electron chi connectivity index (χ3n) is 4.17. The molecule has 0 saturated carbocycles. The molecular formula is C18H18N2O2S. The van der Waals surface area contributed by atoms with Gasteiger partial charge < -0.3 is 14.8 Å². The molecule has 0 spiro atoms. The number of pyridine rings is 1. The maximum atomic E-state index is 9.92. The second kappa shape index (κ2) is 6.43. The molecule has 3 rings (SSSR count). The fraction of sp³-hybridized carbons (Fsp3) is 0.333. The van der Waals surface area contributed by atoms with Crippen molar-refractivity contribution in [2.24, 2.45) is 0 Å². The highest BCUT2D eigenvalue weighted by Crippen LogP contribution is 2.37. The monoisotopic (exact) mass is 326 g/mol. The molecule has 0 saturated heterocycles. The van der Waals surface area contributed by atoms with Crippen LogP contribution in [0.25, 0.3) is 11.1 Å². The molecule has 0 unspecified atom stereocenters. The van der Waals surface area contributed by atoms with Gasteiger partial charge in [0.25, 0.3) is 0 Å². The summed E-state index contributed by atoms with van der Waals surface area (Å²) in [5, 5.41) is 19.5. The van der Waals surface area contributed by atoms with E-state index in [1.165, 1.54) is 0 Å². The summed E-state index contributed by atoms with van der Waals surface area (Å²) in [5.74, 6) is 0.529. The average molecular weight is 326 g/mol. The number of nitrogens with zero attached hydrogens (tertiary/aromatic N) is 1. The van der Waals surface area contributed by atoms with Gasteiger partial charge in [-0.3, -0.25) is 0 Å². The lowest BCUT2D eigenvalue weighted by atomic mass is 9.87. The van der Waals surface area contributed by atoms with E-state index in [0.29, 0.717) is 22.6 Å². The van der Waals surface area contributed by atoms with E-state index in [1.54, 1.807) is 12.1 Å². The second-order valence-corrected chi connectivity index (χ2v) is 6.00. The zero-order chi connectivity index (χ0) is 16.4. The molecule has 0 fully saturated rings. The van der Waals surface area contributed by atoms with E-state index in [0.717, 1.165) is 48.1 Å². The van der Waals surface area contributed by atoms with Gasteiger partial charge in [-0.1, -0.05) is 18.3 Å². The number of hydrogen-bond acceptors (Lipinski definition) is 4. The zero-order valence-corrected chi connectivity index (χ0v) is 13.8. The molecule has 4 nitrogen and oxygen atoms in total. The molecule has 0 amide bonds. The van der Waals surface area contributed by atoms with Crippen molar-refractivity contribution in [1.29, 1.82) is 5.26 Å². The van der Waals surface area contributed by atoms with Gasteiger partial charge in [-0.15, -0.1) is 0 Å². The van der Waals surface area contributed by atoms with E-state index < -0.39 is 0 Å². The molecule has 0 aliphatic heterocycles. The van der Waals surface area contributed by atoms with Crippen LogP contribution in [0.15, 0.2) is 18.2 Å². The van der Waals surface area contributed by atoms with E-state index in [2.05, 4.69) is 11.1 Å². The first kappa shape index (κ1) is 15.6. The summed E-state index contributed by atoms with van der Waals surface area (Å²) in [4.78, 5) is 3.22. The number of hydrogen-bond donors (Lipinski definition) is 2. The minimum Gasteiger partial charge on any atom is -0.504 e. The molecule has 0 radical (unpaired) electrons. The van der Waals surface area contributed by atoms with Gasteiger partial charge in [-0.2, -0.15) is 5.26 Å². The highest BCUT2D eigenvalue weighted by atomic mass is 32.1. The predicted octanol–water partition coefficient (Wildman–Crippen LogP) is 4.27. The predicted molar refractivity (Wildman–Crippen MR) is 91.3 cm³/mol. The van der Waals surface area contributed by atoms with Crippen LogP contribution in [0.4, 0.5) is 0 Å². The summed E-state index contributed by atoms with van der Waals surface area (Å²) in [6.45, 7) is 2.34. The molecule has 2 N–H and O–H groups in total. The third-order valence-corrected chi connectivity index (χ3v) is 4.48. The molecule has 5 heteroatoms. The number of phenolic OH excluding ortho intramolecular Hbond substituents is 1. The number of fused-ring (bicyclic) bond motifs is 1. The first-order valence-corrected chi connectivity index (χ1v) is 8.20. The van der Waals surface area contributed by atoms with Crippen molar-refractivity contribution in [3.8, 4) is 28.7 Å². The molecule has 1 aromatic heterocycles. The molecule has 1 aliphatic carbocycles. The van der Waals surface area contributed by atoms with Crippen molar-refractivity contribution >= 4 is 12.2 Å². The lowest BCUT2D eigenvalue weighted by Gasteiger charge is -2.21. The van der Waals surface area contributed by atoms with E-state index in [1.807, 2.05) is 13.0 Å². The zero-order valence-electron chi connectivity index (χ0n) is 13.0. The topological polar surface area (TPSA) is 69.0 Å². The number of H-pyrrole nitrogens is 1. The smallest absolute Gasteiger partial charge is 0.161 e. The lowest BCUT2D eigenvalue weighted by molar-refractivity contribution is 0.318. The number of rotatable bonds is 3. The number of benzene rings is 1. The Morgan fingerprint density at radius 2 is 2.13 bits per heavy atom. The summed E-state index contributed by atoms with van der Waals surface area (Å²) >= 11 is 5.38.